The van der Waals surface area contributed by atoms with Gasteiger partial charge in [-0.2, -0.15) is 5.10 Å². The highest BCUT2D eigenvalue weighted by Crippen LogP contribution is 2.22. The Morgan fingerprint density at radius 2 is 1.47 bits per heavy atom. The Hall–Kier alpha value is -3.06. The van der Waals surface area contributed by atoms with Gasteiger partial charge in [-0.3, -0.25) is 9.59 Å². The fraction of sp³-hybridized carbons (Fsp3) is 0.0870. The van der Waals surface area contributed by atoms with Crippen molar-refractivity contribution >= 4 is 58.0 Å². The SMILES string of the molecule is C/C(=N\NC(=O)C(=O)Nc1cc(Cl)cc(Cl)c1)c1ccc(OCc2ccc(Cl)cc2)cc1. The van der Waals surface area contributed by atoms with E-state index < -0.39 is 11.8 Å². The van der Waals surface area contributed by atoms with Crippen LogP contribution in [0.15, 0.2) is 71.8 Å². The van der Waals surface area contributed by atoms with Gasteiger partial charge in [0.05, 0.1) is 5.71 Å². The maximum atomic E-state index is 12.0. The number of nitrogens with one attached hydrogen (secondary N) is 2. The van der Waals surface area contributed by atoms with E-state index in [1.54, 1.807) is 31.2 Å². The van der Waals surface area contributed by atoms with Crippen LogP contribution in [0.2, 0.25) is 15.1 Å². The zero-order valence-electron chi connectivity index (χ0n) is 16.9. The number of rotatable bonds is 6. The van der Waals surface area contributed by atoms with Crippen LogP contribution in [-0.2, 0) is 16.2 Å². The molecule has 3 aromatic carbocycles. The fourth-order valence-corrected chi connectivity index (χ4v) is 3.26. The summed E-state index contributed by atoms with van der Waals surface area (Å²) >= 11 is 17.6. The first-order valence-electron chi connectivity index (χ1n) is 9.39. The van der Waals surface area contributed by atoms with E-state index in [0.29, 0.717) is 38.8 Å². The largest absolute Gasteiger partial charge is 0.489 e. The lowest BCUT2D eigenvalue weighted by Crippen LogP contribution is -2.32. The van der Waals surface area contributed by atoms with Gasteiger partial charge >= 0.3 is 11.8 Å². The van der Waals surface area contributed by atoms with Crippen LogP contribution in [0.4, 0.5) is 5.69 Å². The van der Waals surface area contributed by atoms with Gasteiger partial charge in [-0.05, 0) is 72.6 Å². The van der Waals surface area contributed by atoms with E-state index in [1.807, 2.05) is 24.3 Å². The monoisotopic (exact) mass is 489 g/mol. The molecule has 0 atom stereocenters. The van der Waals surface area contributed by atoms with Crippen molar-refractivity contribution in [3.8, 4) is 5.75 Å². The number of halogens is 3. The van der Waals surface area contributed by atoms with Crippen molar-refractivity contribution in [2.24, 2.45) is 5.10 Å². The number of hydrogen-bond donors (Lipinski definition) is 2. The predicted molar refractivity (Wildman–Crippen MR) is 128 cm³/mol. The molecule has 2 N–H and O–H groups in total. The van der Waals surface area contributed by atoms with E-state index >= 15 is 0 Å². The molecule has 0 fully saturated rings. The normalized spacial score (nSPS) is 11.1. The number of amides is 2. The summed E-state index contributed by atoms with van der Waals surface area (Å²) in [5.74, 6) is -1.14. The van der Waals surface area contributed by atoms with Crippen LogP contribution >= 0.6 is 34.8 Å². The molecule has 0 aliphatic carbocycles. The van der Waals surface area contributed by atoms with Crippen LogP contribution in [0.5, 0.6) is 5.75 Å². The number of nitrogens with zero attached hydrogens (tertiary/aromatic N) is 1. The van der Waals surface area contributed by atoms with Crippen LogP contribution in [0.1, 0.15) is 18.1 Å². The van der Waals surface area contributed by atoms with Crippen molar-refractivity contribution in [1.29, 1.82) is 0 Å². The second-order valence-electron chi connectivity index (χ2n) is 6.69. The van der Waals surface area contributed by atoms with Gasteiger partial charge < -0.3 is 10.1 Å². The summed E-state index contributed by atoms with van der Waals surface area (Å²) in [6, 6.07) is 19.1. The molecule has 32 heavy (non-hydrogen) atoms. The minimum atomic E-state index is -0.927. The number of carbonyl (C=O) groups excluding carboxylic acids is 2. The minimum absolute atomic E-state index is 0.303. The molecule has 0 bridgehead atoms. The van der Waals surface area contributed by atoms with Gasteiger partial charge in [-0.15, -0.1) is 0 Å². The van der Waals surface area contributed by atoms with Gasteiger partial charge in [-0.1, -0.05) is 46.9 Å². The maximum absolute atomic E-state index is 12.0. The molecule has 3 aromatic rings. The average molecular weight is 491 g/mol. The Morgan fingerprint density at radius 3 is 2.09 bits per heavy atom. The summed E-state index contributed by atoms with van der Waals surface area (Å²) < 4.78 is 5.75. The number of carbonyl (C=O) groups is 2. The van der Waals surface area contributed by atoms with Crippen LogP contribution in [-0.4, -0.2) is 17.5 Å². The number of hydrazone groups is 1. The van der Waals surface area contributed by atoms with Gasteiger partial charge in [-0.25, -0.2) is 5.43 Å². The van der Waals surface area contributed by atoms with E-state index in [4.69, 9.17) is 39.5 Å². The molecular formula is C23H18Cl3N3O3. The summed E-state index contributed by atoms with van der Waals surface area (Å²) in [5.41, 5.74) is 4.80. The van der Waals surface area contributed by atoms with Crippen molar-refractivity contribution in [1.82, 2.24) is 5.43 Å². The van der Waals surface area contributed by atoms with E-state index in [-0.39, 0.29) is 0 Å². The lowest BCUT2D eigenvalue weighted by Gasteiger charge is -2.08. The molecule has 0 aliphatic heterocycles. The number of ether oxygens (including phenoxy) is 1. The lowest BCUT2D eigenvalue weighted by atomic mass is 10.1. The van der Waals surface area contributed by atoms with Gasteiger partial charge in [0.2, 0.25) is 0 Å². The fourth-order valence-electron chi connectivity index (χ4n) is 2.60. The molecule has 164 valence electrons. The Labute approximate surface area is 200 Å². The molecule has 0 aliphatic rings. The number of hydrogen-bond acceptors (Lipinski definition) is 4. The van der Waals surface area contributed by atoms with E-state index in [9.17, 15) is 9.59 Å². The second kappa shape index (κ2) is 11.0. The third-order valence-corrected chi connectivity index (χ3v) is 4.93. The molecule has 0 saturated carbocycles. The standard InChI is InChI=1S/C23H18Cl3N3O3/c1-14(28-29-23(31)22(30)27-20-11-18(25)10-19(26)12-20)16-4-8-21(9-5-16)32-13-15-2-6-17(24)7-3-15/h2-12H,13H2,1H3,(H,27,30)(H,29,31)/b28-14+. The summed E-state index contributed by atoms with van der Waals surface area (Å²) in [6.07, 6.45) is 0. The first-order valence-corrected chi connectivity index (χ1v) is 10.5. The Balaban J connectivity index is 1.53. The molecule has 0 unspecified atom stereocenters. The first-order chi connectivity index (χ1) is 15.3. The molecule has 6 nitrogen and oxygen atoms in total. The summed E-state index contributed by atoms with van der Waals surface area (Å²) in [4.78, 5) is 24.1. The Bertz CT molecular complexity index is 1130. The number of anilines is 1. The third kappa shape index (κ3) is 6.99. The summed E-state index contributed by atoms with van der Waals surface area (Å²) in [6.45, 7) is 2.12. The third-order valence-electron chi connectivity index (χ3n) is 4.24. The molecule has 0 aromatic heterocycles. The smallest absolute Gasteiger partial charge is 0.329 e. The van der Waals surface area contributed by atoms with E-state index in [1.165, 1.54) is 18.2 Å². The lowest BCUT2D eigenvalue weighted by molar-refractivity contribution is -0.136. The van der Waals surface area contributed by atoms with Crippen molar-refractivity contribution in [3.05, 3.63) is 92.9 Å². The van der Waals surface area contributed by atoms with Crippen molar-refractivity contribution < 1.29 is 14.3 Å². The molecular weight excluding hydrogens is 473 g/mol. The van der Waals surface area contributed by atoms with E-state index in [2.05, 4.69) is 15.8 Å². The highest BCUT2D eigenvalue weighted by Gasteiger charge is 2.14. The van der Waals surface area contributed by atoms with Crippen molar-refractivity contribution in [3.63, 3.8) is 0 Å². The second-order valence-corrected chi connectivity index (χ2v) is 8.00. The number of benzene rings is 3. The summed E-state index contributed by atoms with van der Waals surface area (Å²) in [5, 5.41) is 7.73. The zero-order valence-corrected chi connectivity index (χ0v) is 19.1. The quantitative estimate of drug-likeness (QED) is 0.264. The molecule has 0 heterocycles. The molecule has 9 heteroatoms. The Morgan fingerprint density at radius 1 is 0.844 bits per heavy atom. The maximum Gasteiger partial charge on any atom is 0.329 e. The minimum Gasteiger partial charge on any atom is -0.489 e. The molecule has 3 rings (SSSR count). The predicted octanol–water partition coefficient (Wildman–Crippen LogP) is 5.70. The molecule has 0 spiro atoms. The van der Waals surface area contributed by atoms with Crippen molar-refractivity contribution in [2.75, 3.05) is 5.32 Å². The topological polar surface area (TPSA) is 79.8 Å². The van der Waals surface area contributed by atoms with Crippen LogP contribution < -0.4 is 15.5 Å². The van der Waals surface area contributed by atoms with Crippen LogP contribution in [0.25, 0.3) is 0 Å². The Kier molecular flexibility index (Phi) is 8.11. The highest BCUT2D eigenvalue weighted by atomic mass is 35.5. The van der Waals surface area contributed by atoms with Gasteiger partial charge in [0.25, 0.3) is 0 Å². The van der Waals surface area contributed by atoms with Crippen molar-refractivity contribution in [2.45, 2.75) is 13.5 Å². The van der Waals surface area contributed by atoms with Gasteiger partial charge in [0, 0.05) is 20.8 Å². The highest BCUT2D eigenvalue weighted by molar-refractivity contribution is 6.40. The van der Waals surface area contributed by atoms with E-state index in [0.717, 1.165) is 11.1 Å². The van der Waals surface area contributed by atoms with Gasteiger partial charge in [0.1, 0.15) is 12.4 Å². The molecule has 2 amide bonds. The average Bonchev–Trinajstić information content (AvgIpc) is 2.76. The first kappa shape index (κ1) is 23.6. The van der Waals surface area contributed by atoms with Crippen LogP contribution in [0.3, 0.4) is 0 Å². The zero-order chi connectivity index (χ0) is 23.1. The molecule has 0 saturated heterocycles. The molecule has 0 radical (unpaired) electrons. The van der Waals surface area contributed by atoms with Gasteiger partial charge in [0.15, 0.2) is 0 Å². The van der Waals surface area contributed by atoms with Crippen LogP contribution in [0, 0.1) is 0 Å². The summed E-state index contributed by atoms with van der Waals surface area (Å²) in [7, 11) is 0.